The molecule has 7 heteroatoms. The van der Waals surface area contributed by atoms with E-state index >= 15 is 0 Å². The Balaban J connectivity index is 4.23. The Hall–Kier alpha value is -1.02. The Bertz CT molecular complexity index is 289. The van der Waals surface area contributed by atoms with Gasteiger partial charge in [0, 0.05) is 32.9 Å². The molecule has 0 bridgehead atoms. The summed E-state index contributed by atoms with van der Waals surface area (Å²) in [5.74, 6) is -1.38. The summed E-state index contributed by atoms with van der Waals surface area (Å²) in [6.45, 7) is 4.84. The molecule has 0 aliphatic heterocycles. The van der Waals surface area contributed by atoms with Crippen molar-refractivity contribution in [1.29, 1.82) is 0 Å². The standard InChI is InChI=1S/C10H18O6Si/c1-8(2)10(12)16-9(11)6-7-17(13-3,14-4)15-5/h1,6-7H2,2-5H3. The topological polar surface area (TPSA) is 71.1 Å². The van der Waals surface area contributed by atoms with Gasteiger partial charge in [-0.1, -0.05) is 6.58 Å². The SMILES string of the molecule is C=C(C)C(=O)OC(=O)CC[Si](OC)(OC)OC. The first-order valence-electron chi connectivity index (χ1n) is 4.96. The maximum Gasteiger partial charge on any atom is 0.500 e. The lowest BCUT2D eigenvalue weighted by atomic mass is 10.4. The van der Waals surface area contributed by atoms with Crippen molar-refractivity contribution >= 4 is 20.7 Å². The number of hydrogen-bond donors (Lipinski definition) is 0. The van der Waals surface area contributed by atoms with Crippen LogP contribution in [0, 0.1) is 0 Å². The van der Waals surface area contributed by atoms with E-state index in [1.54, 1.807) is 0 Å². The summed E-state index contributed by atoms with van der Waals surface area (Å²) in [6.07, 6.45) is -0.0131. The second kappa shape index (κ2) is 7.33. The number of carbonyl (C=O) groups excluding carboxylic acids is 2. The van der Waals surface area contributed by atoms with Crippen LogP contribution in [-0.2, 0) is 27.6 Å². The van der Waals surface area contributed by atoms with Gasteiger partial charge >= 0.3 is 20.7 Å². The average molecular weight is 262 g/mol. The largest absolute Gasteiger partial charge is 0.500 e. The van der Waals surface area contributed by atoms with Crippen LogP contribution in [0.2, 0.25) is 6.04 Å². The molecule has 98 valence electrons. The molecule has 0 spiro atoms. The quantitative estimate of drug-likeness (QED) is 0.294. The molecule has 17 heavy (non-hydrogen) atoms. The van der Waals surface area contributed by atoms with Gasteiger partial charge in [-0.2, -0.15) is 0 Å². The van der Waals surface area contributed by atoms with E-state index in [0.717, 1.165) is 0 Å². The van der Waals surface area contributed by atoms with E-state index in [-0.39, 0.29) is 18.0 Å². The highest BCUT2D eigenvalue weighted by Gasteiger charge is 2.38. The molecule has 0 radical (unpaired) electrons. The van der Waals surface area contributed by atoms with E-state index < -0.39 is 20.7 Å². The van der Waals surface area contributed by atoms with Gasteiger partial charge in [-0.25, -0.2) is 4.79 Å². The summed E-state index contributed by atoms with van der Waals surface area (Å²) in [5.41, 5.74) is 0.173. The van der Waals surface area contributed by atoms with Gasteiger partial charge in [-0.15, -0.1) is 0 Å². The van der Waals surface area contributed by atoms with Crippen molar-refractivity contribution in [3.63, 3.8) is 0 Å². The Morgan fingerprint density at radius 3 is 1.94 bits per heavy atom. The molecular weight excluding hydrogens is 244 g/mol. The first-order chi connectivity index (χ1) is 7.90. The summed E-state index contributed by atoms with van der Waals surface area (Å²) in [5, 5.41) is 0. The fourth-order valence-corrected chi connectivity index (χ4v) is 2.68. The van der Waals surface area contributed by atoms with Crippen molar-refractivity contribution < 1.29 is 27.6 Å². The van der Waals surface area contributed by atoms with E-state index in [1.807, 2.05) is 0 Å². The van der Waals surface area contributed by atoms with Gasteiger partial charge in [0.2, 0.25) is 0 Å². The molecule has 0 aromatic heterocycles. The third-order valence-electron chi connectivity index (χ3n) is 2.12. The van der Waals surface area contributed by atoms with Gasteiger partial charge in [-0.05, 0) is 6.92 Å². The van der Waals surface area contributed by atoms with Crippen molar-refractivity contribution in [2.75, 3.05) is 21.3 Å². The Labute approximate surface area is 102 Å². The van der Waals surface area contributed by atoms with Gasteiger partial charge in [0.05, 0.1) is 6.42 Å². The Kier molecular flexibility index (Phi) is 6.89. The highest BCUT2D eigenvalue weighted by Crippen LogP contribution is 2.15. The highest BCUT2D eigenvalue weighted by atomic mass is 28.4. The second-order valence-electron chi connectivity index (χ2n) is 3.34. The normalized spacial score (nSPS) is 11.1. The van der Waals surface area contributed by atoms with Crippen molar-refractivity contribution in [3.05, 3.63) is 12.2 Å². The highest BCUT2D eigenvalue weighted by molar-refractivity contribution is 6.60. The first kappa shape index (κ1) is 16.0. The van der Waals surface area contributed by atoms with Gasteiger partial charge < -0.3 is 18.0 Å². The third kappa shape index (κ3) is 5.22. The van der Waals surface area contributed by atoms with Crippen molar-refractivity contribution in [2.45, 2.75) is 19.4 Å². The number of rotatable bonds is 7. The van der Waals surface area contributed by atoms with Crippen LogP contribution in [0.4, 0.5) is 0 Å². The lowest BCUT2D eigenvalue weighted by molar-refractivity contribution is -0.156. The van der Waals surface area contributed by atoms with Gasteiger partial charge in [0.1, 0.15) is 0 Å². The molecule has 0 fully saturated rings. The van der Waals surface area contributed by atoms with Crippen LogP contribution in [0.1, 0.15) is 13.3 Å². The molecule has 0 saturated heterocycles. The summed E-state index contributed by atoms with van der Waals surface area (Å²) in [4.78, 5) is 22.4. The van der Waals surface area contributed by atoms with Crippen molar-refractivity contribution in [2.24, 2.45) is 0 Å². The zero-order valence-corrected chi connectivity index (χ0v) is 11.6. The molecule has 0 unspecified atom stereocenters. The van der Waals surface area contributed by atoms with E-state index in [2.05, 4.69) is 11.3 Å². The molecule has 6 nitrogen and oxygen atoms in total. The van der Waals surface area contributed by atoms with Crippen LogP contribution < -0.4 is 0 Å². The monoisotopic (exact) mass is 262 g/mol. The van der Waals surface area contributed by atoms with Crippen LogP contribution in [0.15, 0.2) is 12.2 Å². The van der Waals surface area contributed by atoms with Crippen molar-refractivity contribution in [1.82, 2.24) is 0 Å². The average Bonchev–Trinajstić information content (AvgIpc) is 2.31. The molecule has 0 aliphatic carbocycles. The van der Waals surface area contributed by atoms with Gasteiger partial charge in [0.25, 0.3) is 0 Å². The molecule has 0 rings (SSSR count). The lowest BCUT2D eigenvalue weighted by Gasteiger charge is -2.23. The number of carbonyl (C=O) groups is 2. The maximum absolute atomic E-state index is 11.3. The summed E-state index contributed by atoms with van der Waals surface area (Å²) >= 11 is 0. The minimum absolute atomic E-state index is 0.0131. The number of ether oxygens (including phenoxy) is 1. The van der Waals surface area contributed by atoms with Gasteiger partial charge in [0.15, 0.2) is 0 Å². The number of hydrogen-bond acceptors (Lipinski definition) is 6. The lowest BCUT2D eigenvalue weighted by Crippen LogP contribution is -2.43. The van der Waals surface area contributed by atoms with Crippen LogP contribution in [0.5, 0.6) is 0 Å². The van der Waals surface area contributed by atoms with Gasteiger partial charge in [-0.3, -0.25) is 4.79 Å². The second-order valence-corrected chi connectivity index (χ2v) is 6.43. The fourth-order valence-electron chi connectivity index (χ4n) is 1.05. The van der Waals surface area contributed by atoms with Crippen LogP contribution in [0.3, 0.4) is 0 Å². The van der Waals surface area contributed by atoms with Crippen LogP contribution in [0.25, 0.3) is 0 Å². The molecule has 0 aliphatic rings. The predicted octanol–water partition coefficient (Wildman–Crippen LogP) is 0.900. The summed E-state index contributed by atoms with van der Waals surface area (Å²) in [7, 11) is 1.55. The first-order valence-corrected chi connectivity index (χ1v) is 6.90. The summed E-state index contributed by atoms with van der Waals surface area (Å²) < 4.78 is 19.9. The number of esters is 2. The smallest absolute Gasteiger partial charge is 0.390 e. The fraction of sp³-hybridized carbons (Fsp3) is 0.600. The molecule has 0 N–H and O–H groups in total. The van der Waals surface area contributed by atoms with E-state index in [1.165, 1.54) is 28.3 Å². The zero-order chi connectivity index (χ0) is 13.5. The minimum Gasteiger partial charge on any atom is -0.390 e. The molecule has 0 aromatic rings. The molecule has 0 atom stereocenters. The van der Waals surface area contributed by atoms with Crippen molar-refractivity contribution in [3.8, 4) is 0 Å². The van der Waals surface area contributed by atoms with Crippen LogP contribution in [-0.4, -0.2) is 42.1 Å². The Morgan fingerprint density at radius 2 is 1.59 bits per heavy atom. The van der Waals surface area contributed by atoms with E-state index in [4.69, 9.17) is 13.3 Å². The maximum atomic E-state index is 11.3. The van der Waals surface area contributed by atoms with E-state index in [0.29, 0.717) is 0 Å². The minimum atomic E-state index is -2.79. The Morgan fingerprint density at radius 1 is 1.12 bits per heavy atom. The predicted molar refractivity (Wildman–Crippen MR) is 62.1 cm³/mol. The molecule has 0 aromatic carbocycles. The molecule has 0 saturated carbocycles. The molecule has 0 heterocycles. The van der Waals surface area contributed by atoms with E-state index in [9.17, 15) is 9.59 Å². The third-order valence-corrected chi connectivity index (χ3v) is 4.85. The summed E-state index contributed by atoms with van der Waals surface area (Å²) in [6, 6.07) is 0.249. The zero-order valence-electron chi connectivity index (χ0n) is 10.6. The molecular formula is C10H18O6Si. The molecule has 0 amide bonds. The van der Waals surface area contributed by atoms with Crippen LogP contribution >= 0.6 is 0 Å².